The molecule has 6 nitrogen and oxygen atoms in total. The monoisotopic (exact) mass is 344 g/mol. The Kier molecular flexibility index (Phi) is 3.88. The molecule has 124 valence electrons. The zero-order valence-corrected chi connectivity index (χ0v) is 14.1. The molecule has 1 aliphatic rings. The number of hydrogen-bond acceptors (Lipinski definition) is 4. The average Bonchev–Trinajstić information content (AvgIpc) is 2.72. The minimum Gasteiger partial charge on any atom is -0.282 e. The van der Waals surface area contributed by atoms with Gasteiger partial charge in [-0.3, -0.25) is 19.2 Å². The van der Waals surface area contributed by atoms with Crippen molar-refractivity contribution in [1.29, 1.82) is 0 Å². The first-order chi connectivity index (χ1) is 11.3. The smallest absolute Gasteiger partial charge is 0.263 e. The quantitative estimate of drug-likeness (QED) is 0.862. The summed E-state index contributed by atoms with van der Waals surface area (Å²) in [6.45, 7) is 1.88. The lowest BCUT2D eigenvalue weighted by Gasteiger charge is -2.11. The molecule has 24 heavy (non-hydrogen) atoms. The van der Waals surface area contributed by atoms with Crippen molar-refractivity contribution in [2.75, 3.05) is 11.8 Å². The molecule has 0 aliphatic carbocycles. The number of sulfonamides is 1. The summed E-state index contributed by atoms with van der Waals surface area (Å²) in [5, 5.41) is 0. The average molecular weight is 344 g/mol. The maximum atomic E-state index is 12.4. The predicted octanol–water partition coefficient (Wildman–Crippen LogP) is 2.16. The zero-order chi connectivity index (χ0) is 17.5. The Labute approximate surface area is 140 Å². The second kappa shape index (κ2) is 5.76. The van der Waals surface area contributed by atoms with Crippen LogP contribution in [-0.2, 0) is 15.8 Å². The standard InChI is InChI=1S/C17H16N2O4S/c1-11-5-3-6-12(9-11)10-24(22,23)18-14-8-4-7-13-15(14)17(21)19(2)16(13)20/h3-9,18H,10H2,1-2H3. The van der Waals surface area contributed by atoms with Crippen molar-refractivity contribution >= 4 is 27.5 Å². The molecule has 0 saturated heterocycles. The van der Waals surface area contributed by atoms with E-state index in [1.54, 1.807) is 24.3 Å². The molecule has 0 atom stereocenters. The SMILES string of the molecule is Cc1cccc(CS(=O)(=O)Nc2cccc3c2C(=O)N(C)C3=O)c1. The highest BCUT2D eigenvalue weighted by molar-refractivity contribution is 7.91. The second-order valence-corrected chi connectivity index (χ2v) is 7.47. The number of nitrogens with one attached hydrogen (secondary N) is 1. The normalized spacial score (nSPS) is 14.0. The van der Waals surface area contributed by atoms with Gasteiger partial charge in [-0.15, -0.1) is 0 Å². The Morgan fingerprint density at radius 1 is 1.04 bits per heavy atom. The number of rotatable bonds is 4. The molecular weight excluding hydrogens is 328 g/mol. The number of carbonyl (C=O) groups is 2. The number of aryl methyl sites for hydroxylation is 1. The summed E-state index contributed by atoms with van der Waals surface area (Å²) in [6.07, 6.45) is 0. The Bertz CT molecular complexity index is 951. The van der Waals surface area contributed by atoms with Crippen LogP contribution in [0.25, 0.3) is 0 Å². The Morgan fingerprint density at radius 3 is 2.46 bits per heavy atom. The molecule has 0 bridgehead atoms. The summed E-state index contributed by atoms with van der Waals surface area (Å²) in [6, 6.07) is 11.7. The van der Waals surface area contributed by atoms with Crippen molar-refractivity contribution in [3.8, 4) is 0 Å². The van der Waals surface area contributed by atoms with Crippen LogP contribution < -0.4 is 4.72 Å². The first-order valence-corrected chi connectivity index (χ1v) is 8.95. The van der Waals surface area contributed by atoms with E-state index in [-0.39, 0.29) is 22.6 Å². The molecule has 1 N–H and O–H groups in total. The molecule has 7 heteroatoms. The van der Waals surface area contributed by atoms with Gasteiger partial charge in [0.25, 0.3) is 11.8 Å². The third-order valence-corrected chi connectivity index (χ3v) is 5.07. The summed E-state index contributed by atoms with van der Waals surface area (Å²) < 4.78 is 27.3. The Hall–Kier alpha value is -2.67. The fraction of sp³-hybridized carbons (Fsp3) is 0.176. The molecule has 0 radical (unpaired) electrons. The van der Waals surface area contributed by atoms with Gasteiger partial charge in [0.05, 0.1) is 22.6 Å². The van der Waals surface area contributed by atoms with E-state index in [1.807, 2.05) is 13.0 Å². The van der Waals surface area contributed by atoms with Crippen molar-refractivity contribution in [2.24, 2.45) is 0 Å². The molecule has 0 saturated carbocycles. The number of fused-ring (bicyclic) bond motifs is 1. The van der Waals surface area contributed by atoms with Crippen LogP contribution >= 0.6 is 0 Å². The van der Waals surface area contributed by atoms with E-state index in [0.717, 1.165) is 10.5 Å². The number of imide groups is 1. The van der Waals surface area contributed by atoms with E-state index in [2.05, 4.69) is 4.72 Å². The van der Waals surface area contributed by atoms with E-state index in [0.29, 0.717) is 5.56 Å². The van der Waals surface area contributed by atoms with Gasteiger partial charge in [-0.2, -0.15) is 0 Å². The fourth-order valence-corrected chi connectivity index (χ4v) is 3.91. The number of hydrogen-bond donors (Lipinski definition) is 1. The van der Waals surface area contributed by atoms with Crippen molar-refractivity contribution in [1.82, 2.24) is 4.90 Å². The highest BCUT2D eigenvalue weighted by atomic mass is 32.2. The summed E-state index contributed by atoms with van der Waals surface area (Å²) in [4.78, 5) is 25.1. The van der Waals surface area contributed by atoms with Crippen LogP contribution in [0.1, 0.15) is 31.8 Å². The fourth-order valence-electron chi connectivity index (χ4n) is 2.71. The molecule has 2 aromatic rings. The Morgan fingerprint density at radius 2 is 1.75 bits per heavy atom. The lowest BCUT2D eigenvalue weighted by Crippen LogP contribution is -2.24. The summed E-state index contributed by atoms with van der Waals surface area (Å²) >= 11 is 0. The molecule has 3 rings (SSSR count). The molecule has 0 fully saturated rings. The molecule has 1 aliphatic heterocycles. The molecular formula is C17H16N2O4S. The van der Waals surface area contributed by atoms with E-state index in [9.17, 15) is 18.0 Å². The summed E-state index contributed by atoms with van der Waals surface area (Å²) in [7, 11) is -2.35. The van der Waals surface area contributed by atoms with Gasteiger partial charge in [-0.05, 0) is 24.6 Å². The number of benzene rings is 2. The molecule has 2 aromatic carbocycles. The van der Waals surface area contributed by atoms with E-state index in [1.165, 1.54) is 19.2 Å². The minimum absolute atomic E-state index is 0.0952. The van der Waals surface area contributed by atoms with Crippen molar-refractivity contribution in [2.45, 2.75) is 12.7 Å². The van der Waals surface area contributed by atoms with Gasteiger partial charge in [0.2, 0.25) is 10.0 Å². The first-order valence-electron chi connectivity index (χ1n) is 7.30. The largest absolute Gasteiger partial charge is 0.282 e. The van der Waals surface area contributed by atoms with Crippen LogP contribution in [0.3, 0.4) is 0 Å². The predicted molar refractivity (Wildman–Crippen MR) is 90.3 cm³/mol. The Balaban J connectivity index is 1.92. The van der Waals surface area contributed by atoms with Crippen LogP contribution in [0.2, 0.25) is 0 Å². The topological polar surface area (TPSA) is 83.6 Å². The molecule has 0 unspecified atom stereocenters. The van der Waals surface area contributed by atoms with Crippen molar-refractivity contribution in [3.05, 3.63) is 64.7 Å². The van der Waals surface area contributed by atoms with E-state index in [4.69, 9.17) is 0 Å². The van der Waals surface area contributed by atoms with Crippen molar-refractivity contribution in [3.63, 3.8) is 0 Å². The third-order valence-electron chi connectivity index (χ3n) is 3.82. The highest BCUT2D eigenvalue weighted by Gasteiger charge is 2.35. The van der Waals surface area contributed by atoms with Crippen molar-refractivity contribution < 1.29 is 18.0 Å². The maximum absolute atomic E-state index is 12.4. The number of carbonyl (C=O) groups excluding carboxylic acids is 2. The third kappa shape index (κ3) is 2.90. The van der Waals surface area contributed by atoms with Crippen LogP contribution in [0.4, 0.5) is 5.69 Å². The maximum Gasteiger partial charge on any atom is 0.263 e. The van der Waals surface area contributed by atoms with Gasteiger partial charge < -0.3 is 0 Å². The lowest BCUT2D eigenvalue weighted by molar-refractivity contribution is 0.0693. The molecule has 1 heterocycles. The number of anilines is 1. The van der Waals surface area contributed by atoms with Crippen LogP contribution in [-0.4, -0.2) is 32.2 Å². The number of nitrogens with zero attached hydrogens (tertiary/aromatic N) is 1. The van der Waals surface area contributed by atoms with Gasteiger partial charge in [-0.1, -0.05) is 35.9 Å². The van der Waals surface area contributed by atoms with Gasteiger partial charge in [0.15, 0.2) is 0 Å². The summed E-state index contributed by atoms with van der Waals surface area (Å²) in [5.74, 6) is -1.16. The van der Waals surface area contributed by atoms with Crippen LogP contribution in [0.5, 0.6) is 0 Å². The minimum atomic E-state index is -3.72. The second-order valence-electron chi connectivity index (χ2n) is 5.75. The molecule has 0 aromatic heterocycles. The van der Waals surface area contributed by atoms with Gasteiger partial charge >= 0.3 is 0 Å². The highest BCUT2D eigenvalue weighted by Crippen LogP contribution is 2.29. The van der Waals surface area contributed by atoms with E-state index < -0.39 is 21.8 Å². The molecule has 2 amide bonds. The van der Waals surface area contributed by atoms with Crippen LogP contribution in [0, 0.1) is 6.92 Å². The first kappa shape index (κ1) is 16.2. The van der Waals surface area contributed by atoms with E-state index >= 15 is 0 Å². The molecule has 0 spiro atoms. The van der Waals surface area contributed by atoms with Gasteiger partial charge in [0.1, 0.15) is 0 Å². The summed E-state index contributed by atoms with van der Waals surface area (Å²) in [5.41, 5.74) is 2.04. The van der Waals surface area contributed by atoms with Crippen LogP contribution in [0.15, 0.2) is 42.5 Å². The number of amides is 2. The van der Waals surface area contributed by atoms with Gasteiger partial charge in [0, 0.05) is 7.05 Å². The van der Waals surface area contributed by atoms with Gasteiger partial charge in [-0.25, -0.2) is 8.42 Å². The zero-order valence-electron chi connectivity index (χ0n) is 13.2. The lowest BCUT2D eigenvalue weighted by atomic mass is 10.1.